The van der Waals surface area contributed by atoms with Crippen molar-refractivity contribution < 1.29 is 19.1 Å². The minimum absolute atomic E-state index is 0.0140. The fraction of sp³-hybridized carbons (Fsp3) is 0.826. The summed E-state index contributed by atoms with van der Waals surface area (Å²) >= 11 is 0. The number of allylic oxidation sites excluding steroid dienone is 1. The van der Waals surface area contributed by atoms with Gasteiger partial charge in [-0.25, -0.2) is 0 Å². The second-order valence-electron chi connectivity index (χ2n) is 9.73. The third-order valence-corrected chi connectivity index (χ3v) is 8.15. The Bertz CT molecular complexity index is 653. The largest absolute Gasteiger partial charge is 0.462 e. The molecule has 3 fully saturated rings. The van der Waals surface area contributed by atoms with Crippen LogP contribution in [0.3, 0.4) is 0 Å². The fourth-order valence-corrected chi connectivity index (χ4v) is 6.69. The first-order valence-corrected chi connectivity index (χ1v) is 11.0. The Morgan fingerprint density at radius 1 is 1.22 bits per heavy atom. The van der Waals surface area contributed by atoms with Gasteiger partial charge in [-0.05, 0) is 69.1 Å². The van der Waals surface area contributed by atoms with Crippen molar-refractivity contribution in [2.75, 3.05) is 0 Å². The van der Waals surface area contributed by atoms with Crippen LogP contribution in [0.5, 0.6) is 0 Å². The molecule has 1 aliphatic heterocycles. The highest BCUT2D eigenvalue weighted by Gasteiger charge is 2.57. The summed E-state index contributed by atoms with van der Waals surface area (Å²) in [6, 6.07) is 0. The molecule has 3 aliphatic carbocycles. The van der Waals surface area contributed by atoms with Gasteiger partial charge in [-0.3, -0.25) is 9.59 Å². The zero-order valence-corrected chi connectivity index (χ0v) is 17.1. The SMILES string of the molecule is CCCC(=O)O[C@H]1CC[C@@]2(C)C(=CC[C@@H]3[C@@H]2CC[C@]2(C)OC(=O)CC[C@@H]32)C1. The lowest BCUT2D eigenvalue weighted by atomic mass is 9.49. The van der Waals surface area contributed by atoms with Gasteiger partial charge in [-0.15, -0.1) is 0 Å². The van der Waals surface area contributed by atoms with Crippen LogP contribution in [0.25, 0.3) is 0 Å². The third kappa shape index (κ3) is 3.23. The first-order valence-electron chi connectivity index (χ1n) is 11.0. The van der Waals surface area contributed by atoms with Crippen molar-refractivity contribution in [1.29, 1.82) is 0 Å². The van der Waals surface area contributed by atoms with Crippen LogP contribution in [0.15, 0.2) is 11.6 Å². The number of carbonyl (C=O) groups excluding carboxylic acids is 2. The zero-order chi connectivity index (χ0) is 19.2. The molecule has 0 radical (unpaired) electrons. The molecule has 150 valence electrons. The van der Waals surface area contributed by atoms with Crippen molar-refractivity contribution in [3.05, 3.63) is 11.6 Å². The minimum atomic E-state index is -0.259. The second-order valence-corrected chi connectivity index (χ2v) is 9.73. The topological polar surface area (TPSA) is 52.6 Å². The maximum Gasteiger partial charge on any atom is 0.306 e. The molecular formula is C23H34O4. The monoisotopic (exact) mass is 374 g/mol. The van der Waals surface area contributed by atoms with Gasteiger partial charge in [0.15, 0.2) is 0 Å². The van der Waals surface area contributed by atoms with Crippen molar-refractivity contribution in [2.45, 2.75) is 96.7 Å². The summed E-state index contributed by atoms with van der Waals surface area (Å²) in [4.78, 5) is 23.8. The van der Waals surface area contributed by atoms with Gasteiger partial charge in [0.1, 0.15) is 11.7 Å². The molecule has 1 saturated heterocycles. The standard InChI is InChI=1S/C23H34O4/c1-4-5-20(24)26-16-10-12-22(2)15(14-16)6-7-17-18(22)11-13-23(3)19(17)8-9-21(25)27-23/h6,16-19H,4-5,7-14H2,1-3H3/t16-,17+,18-,19-,22-,23-/m0/s1. The van der Waals surface area contributed by atoms with Crippen molar-refractivity contribution in [3.63, 3.8) is 0 Å². The van der Waals surface area contributed by atoms with Gasteiger partial charge in [0.05, 0.1) is 0 Å². The fourth-order valence-electron chi connectivity index (χ4n) is 6.69. The molecule has 0 bridgehead atoms. The van der Waals surface area contributed by atoms with E-state index in [1.165, 1.54) is 5.57 Å². The van der Waals surface area contributed by atoms with E-state index in [9.17, 15) is 9.59 Å². The van der Waals surface area contributed by atoms with E-state index in [1.54, 1.807) is 0 Å². The van der Waals surface area contributed by atoms with E-state index in [1.807, 2.05) is 6.92 Å². The quantitative estimate of drug-likeness (QED) is 0.518. The van der Waals surface area contributed by atoms with Gasteiger partial charge in [-0.2, -0.15) is 0 Å². The third-order valence-electron chi connectivity index (χ3n) is 8.15. The summed E-state index contributed by atoms with van der Waals surface area (Å²) in [5.41, 5.74) is 1.48. The molecule has 4 nitrogen and oxygen atoms in total. The molecule has 4 heteroatoms. The number of hydrogen-bond donors (Lipinski definition) is 0. The Labute approximate surface area is 163 Å². The Morgan fingerprint density at radius 3 is 2.81 bits per heavy atom. The van der Waals surface area contributed by atoms with Crippen LogP contribution >= 0.6 is 0 Å². The van der Waals surface area contributed by atoms with E-state index >= 15 is 0 Å². The molecule has 27 heavy (non-hydrogen) atoms. The lowest BCUT2D eigenvalue weighted by Crippen LogP contribution is -2.56. The number of ether oxygens (including phenoxy) is 2. The Balaban J connectivity index is 1.51. The van der Waals surface area contributed by atoms with E-state index in [2.05, 4.69) is 19.9 Å². The number of rotatable bonds is 3. The van der Waals surface area contributed by atoms with Crippen LogP contribution in [0.1, 0.15) is 85.0 Å². The molecule has 2 saturated carbocycles. The van der Waals surface area contributed by atoms with Crippen LogP contribution in [-0.4, -0.2) is 23.6 Å². The number of fused-ring (bicyclic) bond motifs is 5. The molecular weight excluding hydrogens is 340 g/mol. The van der Waals surface area contributed by atoms with Crippen molar-refractivity contribution >= 4 is 11.9 Å². The predicted octanol–water partition coefficient (Wildman–Crippen LogP) is 4.96. The van der Waals surface area contributed by atoms with Crippen LogP contribution in [0, 0.1) is 23.2 Å². The summed E-state index contributed by atoms with van der Waals surface area (Å²) in [5, 5.41) is 0. The van der Waals surface area contributed by atoms with Crippen molar-refractivity contribution in [1.82, 2.24) is 0 Å². The molecule has 0 aromatic rings. The van der Waals surface area contributed by atoms with Crippen LogP contribution < -0.4 is 0 Å². The minimum Gasteiger partial charge on any atom is -0.462 e. The normalized spacial score (nSPS) is 43.5. The average molecular weight is 375 g/mol. The molecule has 0 aromatic heterocycles. The van der Waals surface area contributed by atoms with Crippen molar-refractivity contribution in [2.24, 2.45) is 23.2 Å². The van der Waals surface area contributed by atoms with E-state index in [4.69, 9.17) is 9.47 Å². The number of hydrogen-bond acceptors (Lipinski definition) is 4. The maximum absolute atomic E-state index is 11.9. The smallest absolute Gasteiger partial charge is 0.306 e. The van der Waals surface area contributed by atoms with Gasteiger partial charge in [0.2, 0.25) is 0 Å². The van der Waals surface area contributed by atoms with E-state index in [-0.39, 0.29) is 29.1 Å². The van der Waals surface area contributed by atoms with Crippen LogP contribution in [-0.2, 0) is 19.1 Å². The Hall–Kier alpha value is -1.32. The first kappa shape index (κ1) is 19.0. The van der Waals surface area contributed by atoms with E-state index in [0.29, 0.717) is 30.6 Å². The second kappa shape index (κ2) is 6.93. The molecule has 4 aliphatic rings. The molecule has 1 heterocycles. The Morgan fingerprint density at radius 2 is 2.04 bits per heavy atom. The summed E-state index contributed by atoms with van der Waals surface area (Å²) < 4.78 is 11.6. The molecule has 0 amide bonds. The van der Waals surface area contributed by atoms with E-state index in [0.717, 1.165) is 51.4 Å². The number of carbonyl (C=O) groups is 2. The van der Waals surface area contributed by atoms with Crippen LogP contribution in [0.4, 0.5) is 0 Å². The summed E-state index contributed by atoms with van der Waals surface area (Å²) in [5.74, 6) is 1.71. The summed E-state index contributed by atoms with van der Waals surface area (Å²) in [6.07, 6.45) is 11.6. The van der Waals surface area contributed by atoms with Crippen LogP contribution in [0.2, 0.25) is 0 Å². The molecule has 0 aromatic carbocycles. The molecule has 0 N–H and O–H groups in total. The zero-order valence-electron chi connectivity index (χ0n) is 17.1. The molecule has 0 unspecified atom stereocenters. The summed E-state index contributed by atoms with van der Waals surface area (Å²) in [7, 11) is 0. The van der Waals surface area contributed by atoms with Gasteiger partial charge >= 0.3 is 11.9 Å². The van der Waals surface area contributed by atoms with Gasteiger partial charge in [0.25, 0.3) is 0 Å². The first-order chi connectivity index (χ1) is 12.9. The molecule has 6 atom stereocenters. The lowest BCUT2D eigenvalue weighted by Gasteiger charge is -2.59. The predicted molar refractivity (Wildman–Crippen MR) is 103 cm³/mol. The van der Waals surface area contributed by atoms with Crippen molar-refractivity contribution in [3.8, 4) is 0 Å². The van der Waals surface area contributed by atoms with Gasteiger partial charge in [-0.1, -0.05) is 25.5 Å². The lowest BCUT2D eigenvalue weighted by molar-refractivity contribution is -0.193. The highest BCUT2D eigenvalue weighted by molar-refractivity contribution is 5.71. The van der Waals surface area contributed by atoms with Gasteiger partial charge < -0.3 is 9.47 Å². The number of esters is 2. The summed E-state index contributed by atoms with van der Waals surface area (Å²) in [6.45, 7) is 6.62. The Kier molecular flexibility index (Phi) is 4.88. The highest BCUT2D eigenvalue weighted by atomic mass is 16.6. The average Bonchev–Trinajstić information content (AvgIpc) is 2.61. The molecule has 0 spiro atoms. The van der Waals surface area contributed by atoms with Gasteiger partial charge in [0, 0.05) is 25.2 Å². The highest BCUT2D eigenvalue weighted by Crippen LogP contribution is 2.61. The maximum atomic E-state index is 11.9. The van der Waals surface area contributed by atoms with E-state index < -0.39 is 0 Å². The molecule has 4 rings (SSSR count).